The van der Waals surface area contributed by atoms with Crippen LogP contribution in [0.15, 0.2) is 61.1 Å². The third-order valence-corrected chi connectivity index (χ3v) is 3.61. The van der Waals surface area contributed by atoms with Gasteiger partial charge in [-0.1, -0.05) is 18.2 Å². The first-order valence-corrected chi connectivity index (χ1v) is 7.59. The molecular formula is C19H15F3N2O. The van der Waals surface area contributed by atoms with E-state index >= 15 is 0 Å². The molecule has 0 spiro atoms. The first kappa shape index (κ1) is 17.0. The molecule has 0 amide bonds. The molecule has 2 aromatic heterocycles. The lowest BCUT2D eigenvalue weighted by atomic mass is 10.0. The maximum absolute atomic E-state index is 12.6. The quantitative estimate of drug-likeness (QED) is 0.664. The number of pyridine rings is 2. The highest BCUT2D eigenvalue weighted by molar-refractivity contribution is 5.63. The van der Waals surface area contributed by atoms with Crippen LogP contribution in [0.4, 0.5) is 13.2 Å². The van der Waals surface area contributed by atoms with E-state index in [2.05, 4.69) is 9.97 Å². The SMILES string of the molecule is Cc1ccc(OCc2cncc(-c3ccc(C(F)(F)F)cc3)c2)nc1. The van der Waals surface area contributed by atoms with Crippen LogP contribution in [0, 0.1) is 6.92 Å². The molecule has 0 bridgehead atoms. The summed E-state index contributed by atoms with van der Waals surface area (Å²) >= 11 is 0. The van der Waals surface area contributed by atoms with Gasteiger partial charge in [0.1, 0.15) is 6.61 Å². The molecule has 0 saturated carbocycles. The molecule has 3 aromatic rings. The van der Waals surface area contributed by atoms with Crippen molar-refractivity contribution in [3.63, 3.8) is 0 Å². The second kappa shape index (κ2) is 6.93. The Balaban J connectivity index is 1.73. The maximum atomic E-state index is 12.6. The van der Waals surface area contributed by atoms with E-state index in [-0.39, 0.29) is 6.61 Å². The Labute approximate surface area is 143 Å². The van der Waals surface area contributed by atoms with Gasteiger partial charge in [0, 0.05) is 35.8 Å². The molecule has 0 aliphatic rings. The zero-order valence-corrected chi connectivity index (χ0v) is 13.4. The molecule has 25 heavy (non-hydrogen) atoms. The third kappa shape index (κ3) is 4.35. The summed E-state index contributed by atoms with van der Waals surface area (Å²) in [5, 5.41) is 0. The van der Waals surface area contributed by atoms with Gasteiger partial charge in [-0.3, -0.25) is 4.98 Å². The highest BCUT2D eigenvalue weighted by Crippen LogP contribution is 2.31. The summed E-state index contributed by atoms with van der Waals surface area (Å²) in [6, 6.07) is 10.5. The van der Waals surface area contributed by atoms with Crippen LogP contribution < -0.4 is 4.74 Å². The number of nitrogens with zero attached hydrogens (tertiary/aromatic N) is 2. The Kier molecular flexibility index (Phi) is 4.70. The zero-order chi connectivity index (χ0) is 17.9. The largest absolute Gasteiger partial charge is 0.473 e. The Morgan fingerprint density at radius 3 is 2.32 bits per heavy atom. The summed E-state index contributed by atoms with van der Waals surface area (Å²) < 4.78 is 43.5. The minimum absolute atomic E-state index is 0.275. The normalized spacial score (nSPS) is 11.4. The second-order valence-electron chi connectivity index (χ2n) is 5.62. The van der Waals surface area contributed by atoms with E-state index in [9.17, 15) is 13.2 Å². The molecule has 0 fully saturated rings. The van der Waals surface area contributed by atoms with E-state index in [1.807, 2.05) is 19.1 Å². The average Bonchev–Trinajstić information content (AvgIpc) is 2.61. The van der Waals surface area contributed by atoms with E-state index in [0.29, 0.717) is 11.4 Å². The van der Waals surface area contributed by atoms with Gasteiger partial charge in [-0.2, -0.15) is 13.2 Å². The second-order valence-corrected chi connectivity index (χ2v) is 5.62. The van der Waals surface area contributed by atoms with E-state index in [1.54, 1.807) is 24.7 Å². The highest BCUT2D eigenvalue weighted by Gasteiger charge is 2.29. The van der Waals surface area contributed by atoms with Crippen molar-refractivity contribution >= 4 is 0 Å². The van der Waals surface area contributed by atoms with Crippen LogP contribution in [0.25, 0.3) is 11.1 Å². The van der Waals surface area contributed by atoms with Crippen molar-refractivity contribution in [3.05, 3.63) is 77.7 Å². The Hall–Kier alpha value is -2.89. The molecule has 0 radical (unpaired) electrons. The molecule has 2 heterocycles. The van der Waals surface area contributed by atoms with Crippen molar-refractivity contribution in [1.29, 1.82) is 0 Å². The first-order valence-electron chi connectivity index (χ1n) is 7.59. The Morgan fingerprint density at radius 1 is 0.920 bits per heavy atom. The van der Waals surface area contributed by atoms with Gasteiger partial charge in [-0.15, -0.1) is 0 Å². The zero-order valence-electron chi connectivity index (χ0n) is 13.4. The molecule has 3 nitrogen and oxygen atoms in total. The molecule has 0 N–H and O–H groups in total. The fourth-order valence-electron chi connectivity index (χ4n) is 2.27. The lowest BCUT2D eigenvalue weighted by Gasteiger charge is -2.09. The van der Waals surface area contributed by atoms with Gasteiger partial charge < -0.3 is 4.74 Å². The van der Waals surface area contributed by atoms with Crippen molar-refractivity contribution < 1.29 is 17.9 Å². The molecule has 3 rings (SSSR count). The van der Waals surface area contributed by atoms with Gasteiger partial charge in [0.15, 0.2) is 0 Å². The molecule has 128 valence electrons. The number of alkyl halides is 3. The van der Waals surface area contributed by atoms with Crippen LogP contribution in [0.3, 0.4) is 0 Å². The van der Waals surface area contributed by atoms with Crippen LogP contribution in [0.5, 0.6) is 5.88 Å². The predicted molar refractivity (Wildman–Crippen MR) is 88.0 cm³/mol. The van der Waals surface area contributed by atoms with Crippen LogP contribution in [0.2, 0.25) is 0 Å². The van der Waals surface area contributed by atoms with E-state index in [4.69, 9.17) is 4.74 Å². The monoisotopic (exact) mass is 344 g/mol. The number of hydrogen-bond donors (Lipinski definition) is 0. The van der Waals surface area contributed by atoms with E-state index < -0.39 is 11.7 Å². The van der Waals surface area contributed by atoms with Crippen LogP contribution in [0.1, 0.15) is 16.7 Å². The number of rotatable bonds is 4. The van der Waals surface area contributed by atoms with Gasteiger partial charge >= 0.3 is 6.18 Å². The standard InChI is InChI=1S/C19H15F3N2O/c1-13-2-7-18(24-9-13)25-12-14-8-16(11-23-10-14)15-3-5-17(6-4-15)19(20,21)22/h2-11H,12H2,1H3. The minimum Gasteiger partial charge on any atom is -0.473 e. The molecular weight excluding hydrogens is 329 g/mol. The van der Waals surface area contributed by atoms with E-state index in [1.165, 1.54) is 12.1 Å². The highest BCUT2D eigenvalue weighted by atomic mass is 19.4. The van der Waals surface area contributed by atoms with Gasteiger partial charge in [0.25, 0.3) is 0 Å². The third-order valence-electron chi connectivity index (χ3n) is 3.61. The average molecular weight is 344 g/mol. The van der Waals surface area contributed by atoms with Crippen LogP contribution in [-0.4, -0.2) is 9.97 Å². The molecule has 0 unspecified atom stereocenters. The van der Waals surface area contributed by atoms with Crippen molar-refractivity contribution in [3.8, 4) is 17.0 Å². The number of aromatic nitrogens is 2. The van der Waals surface area contributed by atoms with Crippen molar-refractivity contribution in [1.82, 2.24) is 9.97 Å². The smallest absolute Gasteiger partial charge is 0.416 e. The van der Waals surface area contributed by atoms with Gasteiger partial charge in [-0.05, 0) is 36.2 Å². The van der Waals surface area contributed by atoms with E-state index in [0.717, 1.165) is 28.8 Å². The first-order chi connectivity index (χ1) is 11.9. The maximum Gasteiger partial charge on any atom is 0.416 e. The Morgan fingerprint density at radius 2 is 1.68 bits per heavy atom. The lowest BCUT2D eigenvalue weighted by Crippen LogP contribution is -2.04. The molecule has 6 heteroatoms. The summed E-state index contributed by atoms with van der Waals surface area (Å²) in [5.41, 5.74) is 2.56. The molecule has 0 aliphatic heterocycles. The van der Waals surface area contributed by atoms with Crippen LogP contribution in [-0.2, 0) is 12.8 Å². The van der Waals surface area contributed by atoms with Gasteiger partial charge in [0.05, 0.1) is 5.56 Å². The number of halogens is 3. The summed E-state index contributed by atoms with van der Waals surface area (Å²) in [5.74, 6) is 0.505. The van der Waals surface area contributed by atoms with Crippen LogP contribution >= 0.6 is 0 Å². The fraction of sp³-hybridized carbons (Fsp3) is 0.158. The fourth-order valence-corrected chi connectivity index (χ4v) is 2.27. The topological polar surface area (TPSA) is 35.0 Å². The summed E-state index contributed by atoms with van der Waals surface area (Å²) in [6.07, 6.45) is 0.637. The van der Waals surface area contributed by atoms with Crippen molar-refractivity contribution in [2.75, 3.05) is 0 Å². The molecule has 0 saturated heterocycles. The summed E-state index contributed by atoms with van der Waals surface area (Å²) in [7, 11) is 0. The van der Waals surface area contributed by atoms with Gasteiger partial charge in [0.2, 0.25) is 5.88 Å². The number of hydrogen-bond acceptors (Lipinski definition) is 3. The summed E-state index contributed by atoms with van der Waals surface area (Å²) in [6.45, 7) is 2.21. The summed E-state index contributed by atoms with van der Waals surface area (Å²) in [4.78, 5) is 8.29. The molecule has 0 atom stereocenters. The lowest BCUT2D eigenvalue weighted by molar-refractivity contribution is -0.137. The number of aryl methyl sites for hydroxylation is 1. The number of benzene rings is 1. The Bertz CT molecular complexity index is 844. The molecule has 1 aromatic carbocycles. The van der Waals surface area contributed by atoms with Crippen molar-refractivity contribution in [2.45, 2.75) is 19.7 Å². The van der Waals surface area contributed by atoms with Gasteiger partial charge in [-0.25, -0.2) is 4.98 Å². The predicted octanol–water partition coefficient (Wildman–Crippen LogP) is 5.05. The number of ether oxygens (including phenoxy) is 1. The molecule has 0 aliphatic carbocycles. The van der Waals surface area contributed by atoms with Crippen molar-refractivity contribution in [2.24, 2.45) is 0 Å². The minimum atomic E-state index is -4.34.